The van der Waals surface area contributed by atoms with Crippen molar-refractivity contribution in [1.82, 2.24) is 0 Å². The lowest BCUT2D eigenvalue weighted by Gasteiger charge is -2.08. The fraction of sp³-hybridized carbons (Fsp3) is 0.100. The normalized spacial score (nSPS) is 9.96. The number of esters is 1. The zero-order chi connectivity index (χ0) is 19.3. The predicted molar refractivity (Wildman–Crippen MR) is 93.8 cm³/mol. The summed E-state index contributed by atoms with van der Waals surface area (Å²) < 4.78 is 19.0. The van der Waals surface area contributed by atoms with E-state index in [9.17, 15) is 14.0 Å². The maximum Gasteiger partial charge on any atom is 0.381 e. The molecule has 0 atom stereocenters. The lowest BCUT2D eigenvalue weighted by Crippen LogP contribution is -2.09. The minimum absolute atomic E-state index is 0.173. The summed E-state index contributed by atoms with van der Waals surface area (Å²) in [5.74, 6) is -1.91. The van der Waals surface area contributed by atoms with Gasteiger partial charge in [-0.2, -0.15) is 0 Å². The number of carbonyl (C=O) groups excluding carboxylic acids is 2. The predicted octanol–water partition coefficient (Wildman–Crippen LogP) is 4.39. The van der Waals surface area contributed by atoms with Gasteiger partial charge in [-0.15, -0.1) is 0 Å². The topological polar surface area (TPSA) is 61.8 Å². The van der Waals surface area contributed by atoms with Gasteiger partial charge in [0.15, 0.2) is 17.3 Å². The fourth-order valence-electron chi connectivity index (χ4n) is 1.81. The van der Waals surface area contributed by atoms with E-state index < -0.39 is 17.8 Å². The van der Waals surface area contributed by atoms with Crippen molar-refractivity contribution in [2.75, 3.05) is 0 Å². The molecule has 6 heteroatoms. The highest BCUT2D eigenvalue weighted by molar-refractivity contribution is 5.89. The molecule has 2 aromatic carbocycles. The average molecular weight is 356 g/mol. The standard InChI is InChI=1S/C20H17FO5/c1-12(2)19(22)24-18-10-7-15(11-17(18)21)14-5-8-16(9-6-14)25-26-20(23)13(3)4/h5-11H,1,3H2,2,4H3. The summed E-state index contributed by atoms with van der Waals surface area (Å²) in [6, 6.07) is 10.7. The Morgan fingerprint density at radius 1 is 0.885 bits per heavy atom. The number of hydrogen-bond acceptors (Lipinski definition) is 5. The minimum atomic E-state index is -0.692. The van der Waals surface area contributed by atoms with E-state index in [4.69, 9.17) is 9.62 Å². The summed E-state index contributed by atoms with van der Waals surface area (Å²) in [5, 5.41) is 0. The van der Waals surface area contributed by atoms with Crippen LogP contribution in [0.1, 0.15) is 13.8 Å². The second-order valence-electron chi connectivity index (χ2n) is 5.57. The summed E-state index contributed by atoms with van der Waals surface area (Å²) >= 11 is 0. The van der Waals surface area contributed by atoms with E-state index in [-0.39, 0.29) is 16.9 Å². The summed E-state index contributed by atoms with van der Waals surface area (Å²) in [4.78, 5) is 32.2. The molecule has 0 aromatic heterocycles. The lowest BCUT2D eigenvalue weighted by molar-refractivity contribution is -0.208. The zero-order valence-electron chi connectivity index (χ0n) is 14.4. The van der Waals surface area contributed by atoms with Gasteiger partial charge in [-0.1, -0.05) is 31.4 Å². The molecule has 5 nitrogen and oxygen atoms in total. The third kappa shape index (κ3) is 4.80. The van der Waals surface area contributed by atoms with Gasteiger partial charge in [0.2, 0.25) is 0 Å². The second-order valence-corrected chi connectivity index (χ2v) is 5.57. The molecule has 134 valence electrons. The lowest BCUT2D eigenvalue weighted by atomic mass is 10.1. The van der Waals surface area contributed by atoms with E-state index in [1.165, 1.54) is 26.0 Å². The number of carbonyl (C=O) groups is 2. The molecule has 2 aromatic rings. The van der Waals surface area contributed by atoms with Crippen LogP contribution in [0.25, 0.3) is 11.1 Å². The van der Waals surface area contributed by atoms with Crippen LogP contribution in [0.4, 0.5) is 4.39 Å². The van der Waals surface area contributed by atoms with Crippen molar-refractivity contribution in [3.63, 3.8) is 0 Å². The molecule has 0 bridgehead atoms. The van der Waals surface area contributed by atoms with Gasteiger partial charge < -0.3 is 4.74 Å². The molecular weight excluding hydrogens is 339 g/mol. The molecule has 2 rings (SSSR count). The van der Waals surface area contributed by atoms with Crippen molar-refractivity contribution in [2.45, 2.75) is 13.8 Å². The summed E-state index contributed by atoms with van der Waals surface area (Å²) in [6.07, 6.45) is 0. The number of rotatable bonds is 6. The molecule has 0 saturated heterocycles. The van der Waals surface area contributed by atoms with E-state index in [1.807, 2.05) is 0 Å². The molecule has 26 heavy (non-hydrogen) atoms. The number of benzene rings is 2. The van der Waals surface area contributed by atoms with Crippen LogP contribution in [0, 0.1) is 5.82 Å². The van der Waals surface area contributed by atoms with Crippen molar-refractivity contribution >= 4 is 11.9 Å². The van der Waals surface area contributed by atoms with Crippen LogP contribution < -0.4 is 9.62 Å². The third-order valence-electron chi connectivity index (χ3n) is 3.23. The van der Waals surface area contributed by atoms with Crippen LogP contribution in [0.2, 0.25) is 0 Å². The van der Waals surface area contributed by atoms with E-state index in [1.54, 1.807) is 30.3 Å². The number of halogens is 1. The van der Waals surface area contributed by atoms with Crippen molar-refractivity contribution in [3.05, 3.63) is 72.6 Å². The van der Waals surface area contributed by atoms with Crippen molar-refractivity contribution in [2.24, 2.45) is 0 Å². The average Bonchev–Trinajstić information content (AvgIpc) is 2.61. The highest BCUT2D eigenvalue weighted by Crippen LogP contribution is 2.27. The van der Waals surface area contributed by atoms with Gasteiger partial charge in [0.1, 0.15) is 0 Å². The number of ether oxygens (including phenoxy) is 1. The van der Waals surface area contributed by atoms with Crippen LogP contribution in [0.15, 0.2) is 66.8 Å². The highest BCUT2D eigenvalue weighted by atomic mass is 19.1. The summed E-state index contributed by atoms with van der Waals surface area (Å²) in [7, 11) is 0. The van der Waals surface area contributed by atoms with Crippen molar-refractivity contribution in [3.8, 4) is 22.6 Å². The van der Waals surface area contributed by atoms with Crippen LogP contribution in [-0.4, -0.2) is 11.9 Å². The Morgan fingerprint density at radius 2 is 1.46 bits per heavy atom. The first kappa shape index (κ1) is 18.9. The third-order valence-corrected chi connectivity index (χ3v) is 3.23. The van der Waals surface area contributed by atoms with Gasteiger partial charge in [0.05, 0.1) is 0 Å². The molecule has 0 unspecified atom stereocenters. The van der Waals surface area contributed by atoms with Crippen molar-refractivity contribution in [1.29, 1.82) is 0 Å². The van der Waals surface area contributed by atoms with Gasteiger partial charge in [-0.3, -0.25) is 4.89 Å². The van der Waals surface area contributed by atoms with Crippen LogP contribution in [0.3, 0.4) is 0 Å². The van der Waals surface area contributed by atoms with E-state index >= 15 is 0 Å². The fourth-order valence-corrected chi connectivity index (χ4v) is 1.81. The Labute approximate surface area is 150 Å². The summed E-state index contributed by atoms with van der Waals surface area (Å²) in [6.45, 7) is 9.86. The first-order valence-electron chi connectivity index (χ1n) is 7.60. The maximum atomic E-state index is 14.1. The molecule has 0 fully saturated rings. The molecule has 0 N–H and O–H groups in total. The quantitative estimate of drug-likeness (QED) is 0.253. The minimum Gasteiger partial charge on any atom is -0.420 e. The van der Waals surface area contributed by atoms with Crippen LogP contribution in [0.5, 0.6) is 11.5 Å². The second kappa shape index (κ2) is 8.11. The first-order valence-corrected chi connectivity index (χ1v) is 7.60. The molecule has 0 aliphatic carbocycles. The van der Waals surface area contributed by atoms with E-state index in [2.05, 4.69) is 18.0 Å². The molecule has 0 spiro atoms. The van der Waals surface area contributed by atoms with E-state index in [0.717, 1.165) is 0 Å². The summed E-state index contributed by atoms with van der Waals surface area (Å²) in [5.41, 5.74) is 1.66. The Balaban J connectivity index is 2.10. The molecular formula is C20H17FO5. The zero-order valence-corrected chi connectivity index (χ0v) is 14.4. The Kier molecular flexibility index (Phi) is 5.90. The van der Waals surface area contributed by atoms with Gasteiger partial charge >= 0.3 is 11.9 Å². The molecule has 0 aliphatic rings. The Hall–Kier alpha value is -3.41. The molecule has 0 aliphatic heterocycles. The molecule has 0 heterocycles. The van der Waals surface area contributed by atoms with Gasteiger partial charge in [-0.05, 0) is 49.2 Å². The van der Waals surface area contributed by atoms with Gasteiger partial charge in [0, 0.05) is 11.1 Å². The van der Waals surface area contributed by atoms with Gasteiger partial charge in [-0.25, -0.2) is 18.9 Å². The number of hydrogen-bond donors (Lipinski definition) is 0. The maximum absolute atomic E-state index is 14.1. The van der Waals surface area contributed by atoms with E-state index in [0.29, 0.717) is 16.9 Å². The molecule has 0 amide bonds. The first-order chi connectivity index (χ1) is 12.3. The van der Waals surface area contributed by atoms with Crippen LogP contribution in [-0.2, 0) is 14.5 Å². The Morgan fingerprint density at radius 3 is 2.00 bits per heavy atom. The largest absolute Gasteiger partial charge is 0.420 e. The molecule has 0 saturated carbocycles. The van der Waals surface area contributed by atoms with Gasteiger partial charge in [0.25, 0.3) is 0 Å². The highest BCUT2D eigenvalue weighted by Gasteiger charge is 2.12. The SMILES string of the molecule is C=C(C)C(=O)OOc1ccc(-c2ccc(OC(=O)C(=C)C)c(F)c2)cc1. The molecule has 0 radical (unpaired) electrons. The smallest absolute Gasteiger partial charge is 0.381 e. The monoisotopic (exact) mass is 356 g/mol. The van der Waals surface area contributed by atoms with Crippen LogP contribution >= 0.6 is 0 Å². The van der Waals surface area contributed by atoms with Crippen molar-refractivity contribution < 1.29 is 28.5 Å². The Bertz CT molecular complexity index is 868.